The molecule has 0 aromatic carbocycles. The van der Waals surface area contributed by atoms with E-state index in [1.165, 1.54) is 0 Å². The molecule has 1 saturated carbocycles. The summed E-state index contributed by atoms with van der Waals surface area (Å²) >= 11 is 14.4. The maximum absolute atomic E-state index is 10.9. The Hall–Kier alpha value is 0.210. The first-order valence-corrected chi connectivity index (χ1v) is 5.49. The number of halogens is 3. The average molecular weight is 260 g/mol. The second kappa shape index (κ2) is 5.94. The predicted molar refractivity (Wildman–Crippen MR) is 59.0 cm³/mol. The van der Waals surface area contributed by atoms with Crippen molar-refractivity contribution in [1.82, 2.24) is 0 Å². The zero-order valence-electron chi connectivity index (χ0n) is 8.15. The Labute approximate surface area is 98.9 Å². The van der Waals surface area contributed by atoms with Crippen LogP contribution in [0, 0.1) is 5.41 Å². The normalized spacial score (nSPS) is 20.4. The van der Waals surface area contributed by atoms with E-state index in [1.54, 1.807) is 0 Å². The van der Waals surface area contributed by atoms with Gasteiger partial charge in [-0.2, -0.15) is 0 Å². The van der Waals surface area contributed by atoms with Crippen LogP contribution in [0.5, 0.6) is 0 Å². The predicted octanol–water partition coefficient (Wildman–Crippen LogP) is 3.32. The molecule has 0 aliphatic heterocycles. The summed E-state index contributed by atoms with van der Waals surface area (Å²) in [7, 11) is 0. The second-order valence-corrected chi connectivity index (χ2v) is 6.00. The lowest BCUT2D eigenvalue weighted by Gasteiger charge is -2.26. The quantitative estimate of drug-likeness (QED) is 0.494. The van der Waals surface area contributed by atoms with Crippen LogP contribution in [0.1, 0.15) is 33.1 Å². The van der Waals surface area contributed by atoms with Gasteiger partial charge in [-0.25, -0.2) is 0 Å². The van der Waals surface area contributed by atoms with Gasteiger partial charge in [0.25, 0.3) is 0 Å². The van der Waals surface area contributed by atoms with Gasteiger partial charge in [0.15, 0.2) is 4.30 Å². The summed E-state index contributed by atoms with van der Waals surface area (Å²) in [5, 5.41) is 0. The molecule has 1 rings (SSSR count). The van der Waals surface area contributed by atoms with Crippen molar-refractivity contribution in [3.05, 3.63) is 0 Å². The van der Waals surface area contributed by atoms with Crippen molar-refractivity contribution in [3.63, 3.8) is 0 Å². The van der Waals surface area contributed by atoms with Crippen molar-refractivity contribution >= 4 is 46.4 Å². The monoisotopic (exact) mass is 258 g/mol. The summed E-state index contributed by atoms with van der Waals surface area (Å²) in [6, 6.07) is 0. The minimum Gasteiger partial charge on any atom is -0.299 e. The van der Waals surface area contributed by atoms with Gasteiger partial charge < -0.3 is 0 Å². The summed E-state index contributed by atoms with van der Waals surface area (Å²) in [4.78, 5) is 21.7. The number of alkyl halides is 3. The van der Waals surface area contributed by atoms with Crippen molar-refractivity contribution in [1.29, 1.82) is 0 Å². The van der Waals surface area contributed by atoms with Crippen LogP contribution in [0.3, 0.4) is 0 Å². The van der Waals surface area contributed by atoms with Crippen LogP contribution in [0.15, 0.2) is 0 Å². The van der Waals surface area contributed by atoms with Gasteiger partial charge in [0.2, 0.25) is 0 Å². The third kappa shape index (κ3) is 7.60. The minimum absolute atomic E-state index is 0.0770. The van der Waals surface area contributed by atoms with Crippen molar-refractivity contribution in [2.75, 3.05) is 0 Å². The van der Waals surface area contributed by atoms with E-state index in [4.69, 9.17) is 34.8 Å². The molecular formula is C9H13Cl3O2. The summed E-state index contributed by atoms with van der Waals surface area (Å²) in [6.07, 6.45) is 1.31. The highest BCUT2D eigenvalue weighted by molar-refractivity contribution is 6.63. The number of ketones is 2. The first-order chi connectivity index (χ1) is 6.23. The zero-order valence-corrected chi connectivity index (χ0v) is 10.4. The van der Waals surface area contributed by atoms with Gasteiger partial charge in [-0.15, -0.1) is 0 Å². The number of rotatable bonds is 0. The van der Waals surface area contributed by atoms with Crippen LogP contribution in [0.2, 0.25) is 0 Å². The lowest BCUT2D eigenvalue weighted by Crippen LogP contribution is -2.28. The smallest absolute Gasteiger partial charge is 0.180 e. The van der Waals surface area contributed by atoms with Crippen molar-refractivity contribution in [2.24, 2.45) is 5.41 Å². The number of carbonyl (C=O) groups excluding carboxylic acids is 2. The fourth-order valence-corrected chi connectivity index (χ4v) is 1.47. The first kappa shape index (κ1) is 14.2. The van der Waals surface area contributed by atoms with Gasteiger partial charge in [0, 0.05) is 12.8 Å². The second-order valence-electron chi connectivity index (χ2n) is 4.02. The van der Waals surface area contributed by atoms with E-state index in [2.05, 4.69) is 0 Å². The lowest BCUT2D eigenvalue weighted by molar-refractivity contribution is -0.133. The van der Waals surface area contributed by atoms with Crippen molar-refractivity contribution < 1.29 is 9.59 Å². The van der Waals surface area contributed by atoms with Gasteiger partial charge in [0.1, 0.15) is 11.6 Å². The Morgan fingerprint density at radius 2 is 1.36 bits per heavy atom. The van der Waals surface area contributed by atoms with E-state index in [-0.39, 0.29) is 23.4 Å². The highest BCUT2D eigenvalue weighted by Crippen LogP contribution is 2.30. The molecule has 0 saturated heterocycles. The molecule has 2 nitrogen and oxygen atoms in total. The molecule has 0 bridgehead atoms. The van der Waals surface area contributed by atoms with Crippen LogP contribution >= 0.6 is 34.8 Å². The molecule has 14 heavy (non-hydrogen) atoms. The molecular weight excluding hydrogens is 246 g/mol. The number of carbonyl (C=O) groups is 2. The maximum atomic E-state index is 10.9. The van der Waals surface area contributed by atoms with Gasteiger partial charge in [-0.1, -0.05) is 48.7 Å². The summed E-state index contributed by atoms with van der Waals surface area (Å²) in [6.45, 7) is 3.92. The van der Waals surface area contributed by atoms with E-state index in [0.717, 1.165) is 0 Å². The van der Waals surface area contributed by atoms with Gasteiger partial charge in [-0.3, -0.25) is 9.59 Å². The number of hydrogen-bond donors (Lipinski definition) is 0. The molecule has 1 aliphatic carbocycles. The molecule has 0 atom stereocenters. The fourth-order valence-electron chi connectivity index (χ4n) is 1.47. The Morgan fingerprint density at radius 3 is 1.57 bits per heavy atom. The molecule has 0 aromatic heterocycles. The highest BCUT2D eigenvalue weighted by Gasteiger charge is 2.31. The number of hydrogen-bond acceptors (Lipinski definition) is 2. The van der Waals surface area contributed by atoms with Crippen LogP contribution in [0.25, 0.3) is 0 Å². The Morgan fingerprint density at radius 1 is 1.07 bits per heavy atom. The van der Waals surface area contributed by atoms with Crippen molar-refractivity contribution in [3.8, 4) is 0 Å². The maximum Gasteiger partial charge on any atom is 0.180 e. The van der Waals surface area contributed by atoms with Crippen LogP contribution in [-0.4, -0.2) is 15.9 Å². The van der Waals surface area contributed by atoms with E-state index < -0.39 is 4.30 Å². The van der Waals surface area contributed by atoms with E-state index in [1.807, 2.05) is 13.8 Å². The van der Waals surface area contributed by atoms with Crippen LogP contribution in [0.4, 0.5) is 0 Å². The average Bonchev–Trinajstić information content (AvgIpc) is 1.76. The van der Waals surface area contributed by atoms with Crippen LogP contribution in [-0.2, 0) is 9.59 Å². The third-order valence-electron chi connectivity index (χ3n) is 1.75. The largest absolute Gasteiger partial charge is 0.299 e. The molecule has 5 heteroatoms. The highest BCUT2D eigenvalue weighted by atomic mass is 35.6. The molecule has 1 fully saturated rings. The fraction of sp³-hybridized carbons (Fsp3) is 0.778. The molecule has 0 spiro atoms. The summed E-state index contributed by atoms with van der Waals surface area (Å²) in [5.74, 6) is 0.197. The molecule has 0 aromatic rings. The van der Waals surface area contributed by atoms with E-state index in [9.17, 15) is 9.59 Å². The Kier molecular flexibility index (Phi) is 6.03. The minimum atomic E-state index is -0.750. The Balaban J connectivity index is 0.000000364. The van der Waals surface area contributed by atoms with Gasteiger partial charge in [0.05, 0.1) is 6.42 Å². The zero-order chi connectivity index (χ0) is 11.4. The SMILES string of the molecule is CC1(C)CC(=O)CC(=O)C1.ClC(Cl)Cl. The van der Waals surface area contributed by atoms with E-state index >= 15 is 0 Å². The van der Waals surface area contributed by atoms with Crippen LogP contribution < -0.4 is 0 Å². The van der Waals surface area contributed by atoms with Crippen molar-refractivity contribution in [2.45, 2.75) is 37.4 Å². The molecule has 0 unspecified atom stereocenters. The molecule has 1 aliphatic rings. The number of Topliss-reactive ketones (excluding diaryl/α,β-unsaturated/α-hetero) is 2. The summed E-state index contributed by atoms with van der Waals surface area (Å²) < 4.78 is -0.750. The molecule has 0 heterocycles. The standard InChI is InChI=1S/C8H12O2.CHCl3/c1-8(2)4-6(9)3-7(10)5-8;2-1(3)4/h3-5H2,1-2H3;1H. The molecule has 0 amide bonds. The first-order valence-electron chi connectivity index (χ1n) is 4.18. The molecule has 0 N–H and O–H groups in total. The third-order valence-corrected chi connectivity index (χ3v) is 1.75. The summed E-state index contributed by atoms with van der Waals surface area (Å²) in [5.41, 5.74) is -0.0770. The molecule has 0 radical (unpaired) electrons. The topological polar surface area (TPSA) is 34.1 Å². The molecule has 82 valence electrons. The van der Waals surface area contributed by atoms with Gasteiger partial charge in [-0.05, 0) is 5.41 Å². The Bertz CT molecular complexity index is 203. The van der Waals surface area contributed by atoms with E-state index in [0.29, 0.717) is 12.8 Å². The lowest BCUT2D eigenvalue weighted by atomic mass is 9.76. The van der Waals surface area contributed by atoms with Gasteiger partial charge >= 0.3 is 0 Å².